The highest BCUT2D eigenvalue weighted by atomic mass is 35.5. The maximum Gasteiger partial charge on any atom is 0.253 e. The van der Waals surface area contributed by atoms with E-state index in [1.807, 2.05) is 49.9 Å². The van der Waals surface area contributed by atoms with Crippen LogP contribution in [0, 0.1) is 0 Å². The number of benzene rings is 1. The fraction of sp³-hybridized carbons (Fsp3) is 0.120. The standard InChI is InChI=1S/C25H22ClN7O/c1-31(2)25(34)16-7-8-20(19(26)10-16)30-23-12-22-17(13-28-23)11-21(18-14-29-32(3)15-18)33(22)24-6-4-5-9-27-24/h4-15H,1-3H3,(H,28,30). The number of carbonyl (C=O) groups excluding carboxylic acids is 1. The molecule has 0 radical (unpaired) electrons. The summed E-state index contributed by atoms with van der Waals surface area (Å²) in [4.78, 5) is 22.9. The molecule has 0 bridgehead atoms. The topological polar surface area (TPSA) is 80.9 Å². The van der Waals surface area contributed by atoms with Gasteiger partial charge >= 0.3 is 0 Å². The van der Waals surface area contributed by atoms with Gasteiger partial charge in [0, 0.05) is 62.3 Å². The fourth-order valence-electron chi connectivity index (χ4n) is 3.81. The lowest BCUT2D eigenvalue weighted by Gasteiger charge is -2.13. The molecule has 0 fully saturated rings. The molecule has 0 saturated heterocycles. The number of pyridine rings is 2. The molecule has 170 valence electrons. The number of rotatable bonds is 5. The van der Waals surface area contributed by atoms with E-state index in [1.54, 1.807) is 43.2 Å². The number of halogens is 1. The normalized spacial score (nSPS) is 11.1. The summed E-state index contributed by atoms with van der Waals surface area (Å²) >= 11 is 6.47. The van der Waals surface area contributed by atoms with Crippen LogP contribution in [0.5, 0.6) is 0 Å². The zero-order valence-corrected chi connectivity index (χ0v) is 19.7. The Bertz CT molecular complexity index is 1500. The lowest BCUT2D eigenvalue weighted by molar-refractivity contribution is 0.0827. The molecule has 1 N–H and O–H groups in total. The Hall–Kier alpha value is -4.17. The van der Waals surface area contributed by atoms with Crippen LogP contribution >= 0.6 is 11.6 Å². The first kappa shape index (κ1) is 21.7. The molecular weight excluding hydrogens is 450 g/mol. The smallest absolute Gasteiger partial charge is 0.253 e. The van der Waals surface area contributed by atoms with Crippen molar-refractivity contribution in [2.75, 3.05) is 19.4 Å². The molecule has 9 heteroatoms. The van der Waals surface area contributed by atoms with Gasteiger partial charge in [-0.05, 0) is 36.4 Å². The molecule has 8 nitrogen and oxygen atoms in total. The summed E-state index contributed by atoms with van der Waals surface area (Å²) < 4.78 is 3.85. The number of anilines is 2. The predicted octanol–water partition coefficient (Wildman–Crippen LogP) is 4.92. The Balaban J connectivity index is 1.58. The van der Waals surface area contributed by atoms with E-state index < -0.39 is 0 Å². The van der Waals surface area contributed by atoms with Crippen LogP contribution in [0.1, 0.15) is 10.4 Å². The van der Waals surface area contributed by atoms with E-state index in [2.05, 4.69) is 31.0 Å². The second-order valence-electron chi connectivity index (χ2n) is 8.10. The lowest BCUT2D eigenvalue weighted by atomic mass is 10.2. The van der Waals surface area contributed by atoms with Crippen molar-refractivity contribution in [2.24, 2.45) is 7.05 Å². The summed E-state index contributed by atoms with van der Waals surface area (Å²) in [6, 6.07) is 15.0. The highest BCUT2D eigenvalue weighted by molar-refractivity contribution is 6.33. The number of carbonyl (C=O) groups is 1. The van der Waals surface area contributed by atoms with Crippen LogP contribution in [0.4, 0.5) is 11.5 Å². The average molecular weight is 472 g/mol. The quantitative estimate of drug-likeness (QED) is 0.393. The predicted molar refractivity (Wildman–Crippen MR) is 134 cm³/mol. The highest BCUT2D eigenvalue weighted by Crippen LogP contribution is 2.33. The van der Waals surface area contributed by atoms with Crippen molar-refractivity contribution < 1.29 is 4.79 Å². The maximum absolute atomic E-state index is 12.2. The molecule has 1 aromatic carbocycles. The van der Waals surface area contributed by atoms with Crippen molar-refractivity contribution >= 4 is 39.9 Å². The first-order chi connectivity index (χ1) is 16.4. The molecule has 5 aromatic rings. The van der Waals surface area contributed by atoms with Crippen molar-refractivity contribution in [3.63, 3.8) is 0 Å². The number of hydrogen-bond donors (Lipinski definition) is 1. The van der Waals surface area contributed by atoms with E-state index in [0.29, 0.717) is 22.1 Å². The first-order valence-electron chi connectivity index (χ1n) is 10.6. The summed E-state index contributed by atoms with van der Waals surface area (Å²) in [5.41, 5.74) is 4.06. The highest BCUT2D eigenvalue weighted by Gasteiger charge is 2.16. The minimum atomic E-state index is -0.107. The third-order valence-electron chi connectivity index (χ3n) is 5.45. The number of nitrogens with one attached hydrogen (secondary N) is 1. The van der Waals surface area contributed by atoms with Gasteiger partial charge in [0.1, 0.15) is 11.6 Å². The third-order valence-corrected chi connectivity index (χ3v) is 5.76. The van der Waals surface area contributed by atoms with Crippen molar-refractivity contribution in [1.82, 2.24) is 29.2 Å². The summed E-state index contributed by atoms with van der Waals surface area (Å²) in [6.07, 6.45) is 7.38. The molecule has 0 aliphatic rings. The molecule has 34 heavy (non-hydrogen) atoms. The van der Waals surface area contributed by atoms with E-state index in [4.69, 9.17) is 11.6 Å². The lowest BCUT2D eigenvalue weighted by Crippen LogP contribution is -2.21. The Morgan fingerprint density at radius 2 is 1.91 bits per heavy atom. The monoisotopic (exact) mass is 471 g/mol. The second kappa shape index (κ2) is 8.64. The van der Waals surface area contributed by atoms with Gasteiger partial charge in [-0.3, -0.25) is 14.0 Å². The largest absolute Gasteiger partial charge is 0.345 e. The van der Waals surface area contributed by atoms with Crippen LogP contribution in [-0.4, -0.2) is 49.2 Å². The number of aromatic nitrogens is 5. The Kier molecular flexibility index (Phi) is 5.51. The molecular formula is C25H22ClN7O. The fourth-order valence-corrected chi connectivity index (χ4v) is 4.04. The van der Waals surface area contributed by atoms with E-state index in [1.165, 1.54) is 4.90 Å². The third kappa shape index (κ3) is 3.99. The molecule has 1 amide bonds. The van der Waals surface area contributed by atoms with E-state index in [-0.39, 0.29) is 5.91 Å². The zero-order chi connectivity index (χ0) is 23.8. The van der Waals surface area contributed by atoms with Gasteiger partial charge in [-0.15, -0.1) is 0 Å². The SMILES string of the molecule is CN(C)C(=O)c1ccc(Nc2cc3c(cn2)cc(-c2cnn(C)c2)n3-c2ccccn2)c(Cl)c1. The molecule has 5 rings (SSSR count). The molecule has 4 aromatic heterocycles. The number of aryl methyl sites for hydroxylation is 1. The Labute approximate surface area is 201 Å². The number of amides is 1. The maximum atomic E-state index is 12.2. The summed E-state index contributed by atoms with van der Waals surface area (Å²) in [5.74, 6) is 1.30. The van der Waals surface area contributed by atoms with Crippen molar-refractivity contribution in [3.05, 3.63) is 83.9 Å². The van der Waals surface area contributed by atoms with Crippen LogP contribution in [0.3, 0.4) is 0 Å². The number of hydrogen-bond acceptors (Lipinski definition) is 5. The van der Waals surface area contributed by atoms with Gasteiger partial charge in [-0.1, -0.05) is 17.7 Å². The average Bonchev–Trinajstić information content (AvgIpc) is 3.43. The van der Waals surface area contributed by atoms with Gasteiger partial charge in [0.2, 0.25) is 0 Å². The minimum Gasteiger partial charge on any atom is -0.345 e. The molecule has 0 saturated carbocycles. The van der Waals surface area contributed by atoms with Crippen LogP contribution in [0.15, 0.2) is 73.3 Å². The van der Waals surface area contributed by atoms with E-state index in [0.717, 1.165) is 28.0 Å². The Morgan fingerprint density at radius 1 is 1.06 bits per heavy atom. The number of fused-ring (bicyclic) bond motifs is 1. The van der Waals surface area contributed by atoms with Gasteiger partial charge in [0.25, 0.3) is 5.91 Å². The second-order valence-corrected chi connectivity index (χ2v) is 8.51. The minimum absolute atomic E-state index is 0.107. The van der Waals surface area contributed by atoms with Crippen LogP contribution in [-0.2, 0) is 7.05 Å². The van der Waals surface area contributed by atoms with Gasteiger partial charge in [0.15, 0.2) is 0 Å². The van der Waals surface area contributed by atoms with Gasteiger partial charge in [-0.2, -0.15) is 5.10 Å². The molecule has 0 unspecified atom stereocenters. The molecule has 4 heterocycles. The van der Waals surface area contributed by atoms with Crippen molar-refractivity contribution in [2.45, 2.75) is 0 Å². The van der Waals surface area contributed by atoms with Crippen molar-refractivity contribution in [1.29, 1.82) is 0 Å². The summed E-state index contributed by atoms with van der Waals surface area (Å²) in [7, 11) is 5.30. The first-order valence-corrected chi connectivity index (χ1v) is 11.0. The molecule has 0 spiro atoms. The number of nitrogens with zero attached hydrogens (tertiary/aromatic N) is 6. The van der Waals surface area contributed by atoms with E-state index in [9.17, 15) is 4.79 Å². The molecule has 0 atom stereocenters. The summed E-state index contributed by atoms with van der Waals surface area (Å²) in [6.45, 7) is 0. The van der Waals surface area contributed by atoms with Crippen molar-refractivity contribution in [3.8, 4) is 17.1 Å². The summed E-state index contributed by atoms with van der Waals surface area (Å²) in [5, 5.41) is 9.00. The van der Waals surface area contributed by atoms with Gasteiger partial charge in [0.05, 0.1) is 28.1 Å². The van der Waals surface area contributed by atoms with E-state index >= 15 is 0 Å². The van der Waals surface area contributed by atoms with Crippen LogP contribution in [0.2, 0.25) is 5.02 Å². The van der Waals surface area contributed by atoms with Gasteiger partial charge < -0.3 is 10.2 Å². The van der Waals surface area contributed by atoms with Gasteiger partial charge in [-0.25, -0.2) is 9.97 Å². The van der Waals surface area contributed by atoms with Crippen LogP contribution in [0.25, 0.3) is 28.0 Å². The Morgan fingerprint density at radius 3 is 2.59 bits per heavy atom. The van der Waals surface area contributed by atoms with Crippen LogP contribution < -0.4 is 5.32 Å². The zero-order valence-electron chi connectivity index (χ0n) is 18.9. The molecule has 0 aliphatic heterocycles. The molecule has 0 aliphatic carbocycles.